The molecule has 0 aliphatic carbocycles. The minimum absolute atomic E-state index is 0.145. The van der Waals surface area contributed by atoms with Gasteiger partial charge in [-0.25, -0.2) is 9.59 Å². The summed E-state index contributed by atoms with van der Waals surface area (Å²) >= 11 is 0. The number of carbonyl (C=O) groups excluding carboxylic acids is 2. The standard InChI is InChI=1S/C14H18N2O4/c1-9(2)13(17)19-6-3-7-20-14(18)10-4-5-11(15)12(16)8-10/h4-5,8H,1,3,6-7,15-16H2,2H3. The lowest BCUT2D eigenvalue weighted by molar-refractivity contribution is -0.139. The van der Waals surface area contributed by atoms with Crippen molar-refractivity contribution in [3.63, 3.8) is 0 Å². The van der Waals surface area contributed by atoms with Gasteiger partial charge in [0, 0.05) is 12.0 Å². The Labute approximate surface area is 117 Å². The topological polar surface area (TPSA) is 105 Å². The fourth-order valence-electron chi connectivity index (χ4n) is 1.30. The van der Waals surface area contributed by atoms with Gasteiger partial charge in [0.2, 0.25) is 0 Å². The van der Waals surface area contributed by atoms with Gasteiger partial charge in [0.05, 0.1) is 30.2 Å². The largest absolute Gasteiger partial charge is 0.462 e. The third-order valence-corrected chi connectivity index (χ3v) is 2.43. The van der Waals surface area contributed by atoms with E-state index in [2.05, 4.69) is 6.58 Å². The average Bonchev–Trinajstić information content (AvgIpc) is 2.40. The molecule has 0 heterocycles. The monoisotopic (exact) mass is 278 g/mol. The Morgan fingerprint density at radius 1 is 1.15 bits per heavy atom. The van der Waals surface area contributed by atoms with E-state index in [-0.39, 0.29) is 13.2 Å². The molecule has 0 saturated carbocycles. The van der Waals surface area contributed by atoms with Gasteiger partial charge in [-0.15, -0.1) is 0 Å². The quantitative estimate of drug-likeness (QED) is 0.354. The van der Waals surface area contributed by atoms with Crippen molar-refractivity contribution >= 4 is 23.3 Å². The third-order valence-electron chi connectivity index (χ3n) is 2.43. The van der Waals surface area contributed by atoms with Crippen LogP contribution in [-0.4, -0.2) is 25.2 Å². The first-order chi connectivity index (χ1) is 9.41. The predicted octanol–water partition coefficient (Wildman–Crippen LogP) is 1.52. The zero-order valence-corrected chi connectivity index (χ0v) is 11.3. The number of nitrogens with two attached hydrogens (primary N) is 2. The number of rotatable bonds is 6. The zero-order chi connectivity index (χ0) is 15.1. The predicted molar refractivity (Wildman–Crippen MR) is 75.9 cm³/mol. The van der Waals surface area contributed by atoms with Crippen molar-refractivity contribution < 1.29 is 19.1 Å². The molecule has 0 fully saturated rings. The average molecular weight is 278 g/mol. The number of carbonyl (C=O) groups is 2. The molecule has 6 heteroatoms. The van der Waals surface area contributed by atoms with Gasteiger partial charge in [0.15, 0.2) is 0 Å². The van der Waals surface area contributed by atoms with Gasteiger partial charge in [-0.1, -0.05) is 6.58 Å². The van der Waals surface area contributed by atoms with Crippen LogP contribution in [0.3, 0.4) is 0 Å². The van der Waals surface area contributed by atoms with E-state index in [1.165, 1.54) is 12.1 Å². The van der Waals surface area contributed by atoms with Crippen LogP contribution < -0.4 is 11.5 Å². The molecule has 0 radical (unpaired) electrons. The molecule has 0 aliphatic heterocycles. The lowest BCUT2D eigenvalue weighted by Crippen LogP contribution is -2.11. The van der Waals surface area contributed by atoms with Gasteiger partial charge in [0.25, 0.3) is 0 Å². The van der Waals surface area contributed by atoms with E-state index in [9.17, 15) is 9.59 Å². The first-order valence-electron chi connectivity index (χ1n) is 6.06. The molecule has 0 unspecified atom stereocenters. The fraction of sp³-hybridized carbons (Fsp3) is 0.286. The van der Waals surface area contributed by atoms with Crippen LogP contribution in [0.4, 0.5) is 11.4 Å². The maximum Gasteiger partial charge on any atom is 0.338 e. The second-order valence-corrected chi connectivity index (χ2v) is 4.25. The summed E-state index contributed by atoms with van der Waals surface area (Å²) < 4.78 is 9.88. The van der Waals surface area contributed by atoms with E-state index >= 15 is 0 Å². The molecule has 0 spiro atoms. The molecule has 0 saturated heterocycles. The Kier molecular flexibility index (Phi) is 5.58. The summed E-state index contributed by atoms with van der Waals surface area (Å²) in [4.78, 5) is 22.7. The molecule has 20 heavy (non-hydrogen) atoms. The summed E-state index contributed by atoms with van der Waals surface area (Å²) in [5, 5.41) is 0. The van der Waals surface area contributed by atoms with Crippen LogP contribution in [0.1, 0.15) is 23.7 Å². The molecule has 1 aromatic rings. The molecule has 0 atom stereocenters. The highest BCUT2D eigenvalue weighted by Gasteiger charge is 2.09. The number of hydrogen-bond donors (Lipinski definition) is 2. The van der Waals surface area contributed by atoms with Gasteiger partial charge in [-0.3, -0.25) is 0 Å². The number of benzene rings is 1. The maximum absolute atomic E-state index is 11.7. The van der Waals surface area contributed by atoms with E-state index in [0.717, 1.165) is 0 Å². The second kappa shape index (κ2) is 7.18. The van der Waals surface area contributed by atoms with Crippen molar-refractivity contribution in [2.45, 2.75) is 13.3 Å². The molecule has 0 bridgehead atoms. The Hall–Kier alpha value is -2.50. The third kappa shape index (κ3) is 4.64. The molecule has 108 valence electrons. The number of ether oxygens (including phenoxy) is 2. The minimum atomic E-state index is -0.497. The minimum Gasteiger partial charge on any atom is -0.462 e. The Morgan fingerprint density at radius 2 is 1.80 bits per heavy atom. The molecule has 0 aromatic heterocycles. The first kappa shape index (κ1) is 15.6. The zero-order valence-electron chi connectivity index (χ0n) is 11.3. The van der Waals surface area contributed by atoms with Crippen LogP contribution in [0.2, 0.25) is 0 Å². The Morgan fingerprint density at radius 3 is 2.40 bits per heavy atom. The molecule has 1 rings (SSSR count). The van der Waals surface area contributed by atoms with Crippen molar-refractivity contribution in [3.05, 3.63) is 35.9 Å². The van der Waals surface area contributed by atoms with E-state index < -0.39 is 11.9 Å². The van der Waals surface area contributed by atoms with Crippen molar-refractivity contribution in [2.75, 3.05) is 24.7 Å². The lowest BCUT2D eigenvalue weighted by Gasteiger charge is -2.07. The van der Waals surface area contributed by atoms with Gasteiger partial charge >= 0.3 is 11.9 Å². The molecule has 6 nitrogen and oxygen atoms in total. The molecular weight excluding hydrogens is 260 g/mol. The SMILES string of the molecule is C=C(C)C(=O)OCCCOC(=O)c1ccc(N)c(N)c1. The van der Waals surface area contributed by atoms with E-state index in [4.69, 9.17) is 20.9 Å². The van der Waals surface area contributed by atoms with Gasteiger partial charge in [-0.05, 0) is 25.1 Å². The smallest absolute Gasteiger partial charge is 0.338 e. The van der Waals surface area contributed by atoms with Crippen LogP contribution >= 0.6 is 0 Å². The molecule has 0 amide bonds. The number of hydrogen-bond acceptors (Lipinski definition) is 6. The summed E-state index contributed by atoms with van der Waals surface area (Å²) in [7, 11) is 0. The normalized spacial score (nSPS) is 9.85. The van der Waals surface area contributed by atoms with Gasteiger partial charge in [-0.2, -0.15) is 0 Å². The highest BCUT2D eigenvalue weighted by molar-refractivity contribution is 5.91. The summed E-state index contributed by atoms with van der Waals surface area (Å²) in [5.41, 5.74) is 12.5. The summed E-state index contributed by atoms with van der Waals surface area (Å²) in [6.45, 7) is 5.33. The Balaban J connectivity index is 2.31. The van der Waals surface area contributed by atoms with Crippen LogP contribution in [0, 0.1) is 0 Å². The highest BCUT2D eigenvalue weighted by atomic mass is 16.5. The molecule has 1 aromatic carbocycles. The van der Waals surface area contributed by atoms with Gasteiger partial charge in [0.1, 0.15) is 0 Å². The van der Waals surface area contributed by atoms with Crippen molar-refractivity contribution in [3.8, 4) is 0 Å². The highest BCUT2D eigenvalue weighted by Crippen LogP contribution is 2.16. The van der Waals surface area contributed by atoms with Crippen LogP contribution in [0.25, 0.3) is 0 Å². The van der Waals surface area contributed by atoms with Crippen LogP contribution in [-0.2, 0) is 14.3 Å². The van der Waals surface area contributed by atoms with E-state index in [0.29, 0.717) is 28.9 Å². The van der Waals surface area contributed by atoms with Crippen molar-refractivity contribution in [2.24, 2.45) is 0 Å². The summed E-state index contributed by atoms with van der Waals surface area (Å²) in [6, 6.07) is 4.54. The summed E-state index contributed by atoms with van der Waals surface area (Å²) in [6.07, 6.45) is 0.412. The number of anilines is 2. The van der Waals surface area contributed by atoms with E-state index in [1.807, 2.05) is 0 Å². The van der Waals surface area contributed by atoms with E-state index in [1.54, 1.807) is 13.0 Å². The number of esters is 2. The lowest BCUT2D eigenvalue weighted by atomic mass is 10.2. The first-order valence-corrected chi connectivity index (χ1v) is 6.06. The molecule has 4 N–H and O–H groups in total. The van der Waals surface area contributed by atoms with Crippen molar-refractivity contribution in [1.82, 2.24) is 0 Å². The Bertz CT molecular complexity index is 526. The van der Waals surface area contributed by atoms with Crippen LogP contribution in [0.15, 0.2) is 30.4 Å². The molecular formula is C14H18N2O4. The summed E-state index contributed by atoms with van der Waals surface area (Å²) in [5.74, 6) is -0.953. The van der Waals surface area contributed by atoms with Gasteiger partial charge < -0.3 is 20.9 Å². The van der Waals surface area contributed by atoms with Crippen molar-refractivity contribution in [1.29, 1.82) is 0 Å². The van der Waals surface area contributed by atoms with Crippen LogP contribution in [0.5, 0.6) is 0 Å². The fourth-order valence-corrected chi connectivity index (χ4v) is 1.30. The molecule has 0 aliphatic rings. The number of nitrogen functional groups attached to an aromatic ring is 2. The second-order valence-electron chi connectivity index (χ2n) is 4.25. The maximum atomic E-state index is 11.7.